The molecule has 0 unspecified atom stereocenters. The standard InChI is InChI=1S/C43H66N2O3/c1-9-10-26-45(29-36(47)44-28-30-14-12-11-13-15-30)37(48)43-24-22-38(2,3)27-32(43)31-16-17-34-40(6)20-19-35(46)39(4,5)33(40)18-21-42(34,8)41(31,7)23-25-43/h11-16,32-35,46H,9-10,17-29H2,1-8H3,(H,44,47)/t32-,33-,34+,35-,40-,41+,42+,43-/m0/s1. The van der Waals surface area contributed by atoms with E-state index < -0.39 is 5.41 Å². The summed E-state index contributed by atoms with van der Waals surface area (Å²) in [7, 11) is 0. The number of carbonyl (C=O) groups excluding carboxylic acids is 2. The molecule has 0 aliphatic heterocycles. The van der Waals surface area contributed by atoms with Gasteiger partial charge in [0, 0.05) is 13.1 Å². The lowest BCUT2D eigenvalue weighted by atomic mass is 9.33. The number of aliphatic hydroxyl groups is 1. The molecule has 4 saturated carbocycles. The van der Waals surface area contributed by atoms with Crippen molar-refractivity contribution in [3.05, 3.63) is 47.5 Å². The van der Waals surface area contributed by atoms with Gasteiger partial charge in [0.1, 0.15) is 0 Å². The minimum atomic E-state index is -0.435. The predicted octanol–water partition coefficient (Wildman–Crippen LogP) is 9.09. The van der Waals surface area contributed by atoms with Gasteiger partial charge in [-0.25, -0.2) is 0 Å². The molecule has 0 saturated heterocycles. The quantitative estimate of drug-likeness (QED) is 0.274. The number of carbonyl (C=O) groups is 2. The van der Waals surface area contributed by atoms with Crippen molar-refractivity contribution in [1.29, 1.82) is 0 Å². The molecule has 266 valence electrons. The first-order valence-corrected chi connectivity index (χ1v) is 19.5. The van der Waals surface area contributed by atoms with Crippen molar-refractivity contribution >= 4 is 11.8 Å². The topological polar surface area (TPSA) is 69.6 Å². The number of aliphatic hydroxyl groups excluding tert-OH is 1. The fraction of sp³-hybridized carbons (Fsp3) is 0.767. The molecular weight excluding hydrogens is 592 g/mol. The normalized spacial score (nSPS) is 39.5. The largest absolute Gasteiger partial charge is 0.393 e. The van der Waals surface area contributed by atoms with E-state index in [1.54, 1.807) is 5.57 Å². The fourth-order valence-corrected chi connectivity index (χ4v) is 12.6. The molecule has 4 fully saturated rings. The molecule has 2 N–H and O–H groups in total. The number of amides is 2. The molecule has 0 radical (unpaired) electrons. The highest BCUT2D eigenvalue weighted by Crippen LogP contribution is 2.75. The SMILES string of the molecule is CCCCN(CC(=O)NCc1ccccc1)C(=O)[C@]12CCC(C)(C)C[C@H]1C1=CC[C@@H]3[C@@]4(C)CC[C@H](O)C(C)(C)[C@@H]4CC[C@@]3(C)[C@]1(C)CC2. The van der Waals surface area contributed by atoms with Crippen molar-refractivity contribution in [2.24, 2.45) is 50.2 Å². The van der Waals surface area contributed by atoms with Crippen molar-refractivity contribution in [3.8, 4) is 0 Å². The zero-order valence-corrected chi connectivity index (χ0v) is 31.6. The van der Waals surface area contributed by atoms with Gasteiger partial charge in [0.05, 0.1) is 18.1 Å². The van der Waals surface area contributed by atoms with Crippen LogP contribution in [0, 0.1) is 50.2 Å². The zero-order chi connectivity index (χ0) is 34.8. The van der Waals surface area contributed by atoms with E-state index in [1.807, 2.05) is 35.2 Å². The lowest BCUT2D eigenvalue weighted by molar-refractivity contribution is -0.204. The summed E-state index contributed by atoms with van der Waals surface area (Å²) < 4.78 is 0. The van der Waals surface area contributed by atoms with Gasteiger partial charge in [-0.1, -0.05) is 104 Å². The van der Waals surface area contributed by atoms with E-state index in [9.17, 15) is 9.90 Å². The molecule has 0 spiro atoms. The summed E-state index contributed by atoms with van der Waals surface area (Å²) in [6.45, 7) is 20.7. The summed E-state index contributed by atoms with van der Waals surface area (Å²) >= 11 is 0. The number of allylic oxidation sites excluding steroid dienone is 2. The first kappa shape index (κ1) is 35.7. The van der Waals surface area contributed by atoms with E-state index >= 15 is 4.79 Å². The second kappa shape index (κ2) is 12.6. The first-order valence-electron chi connectivity index (χ1n) is 19.5. The minimum Gasteiger partial charge on any atom is -0.393 e. The number of rotatable bonds is 8. The van der Waals surface area contributed by atoms with E-state index in [2.05, 4.69) is 66.8 Å². The van der Waals surface area contributed by atoms with Crippen LogP contribution >= 0.6 is 0 Å². The molecule has 5 aliphatic rings. The van der Waals surface area contributed by atoms with Crippen LogP contribution in [0.2, 0.25) is 0 Å². The van der Waals surface area contributed by atoms with E-state index in [0.29, 0.717) is 24.9 Å². The molecule has 5 nitrogen and oxygen atoms in total. The summed E-state index contributed by atoms with van der Waals surface area (Å²) in [5.74, 6) is 1.50. The highest BCUT2D eigenvalue weighted by molar-refractivity contribution is 5.89. The summed E-state index contributed by atoms with van der Waals surface area (Å²) in [6.07, 6.45) is 14.8. The summed E-state index contributed by atoms with van der Waals surface area (Å²) in [6, 6.07) is 10.0. The summed E-state index contributed by atoms with van der Waals surface area (Å²) in [4.78, 5) is 30.5. The molecule has 8 atom stereocenters. The van der Waals surface area contributed by atoms with Crippen LogP contribution < -0.4 is 5.32 Å². The Morgan fingerprint density at radius 1 is 0.896 bits per heavy atom. The molecule has 5 heteroatoms. The summed E-state index contributed by atoms with van der Waals surface area (Å²) in [5.41, 5.74) is 2.76. The lowest BCUT2D eigenvalue weighted by Gasteiger charge is -2.71. The molecule has 1 aromatic rings. The van der Waals surface area contributed by atoms with Gasteiger partial charge in [-0.2, -0.15) is 0 Å². The maximum absolute atomic E-state index is 15.2. The van der Waals surface area contributed by atoms with Crippen LogP contribution in [-0.2, 0) is 16.1 Å². The Morgan fingerprint density at radius 2 is 1.60 bits per heavy atom. The van der Waals surface area contributed by atoms with E-state index in [4.69, 9.17) is 0 Å². The van der Waals surface area contributed by atoms with Gasteiger partial charge in [-0.3, -0.25) is 9.59 Å². The molecule has 0 bridgehead atoms. The third kappa shape index (κ3) is 5.61. The van der Waals surface area contributed by atoms with E-state index in [1.165, 1.54) is 12.8 Å². The first-order chi connectivity index (χ1) is 22.5. The Kier molecular flexibility index (Phi) is 9.34. The van der Waals surface area contributed by atoms with Gasteiger partial charge in [0.15, 0.2) is 0 Å². The number of unbranched alkanes of at least 4 members (excludes halogenated alkanes) is 1. The molecule has 5 aliphatic carbocycles. The molecule has 6 rings (SSSR count). The number of hydrogen-bond donors (Lipinski definition) is 2. The van der Waals surface area contributed by atoms with E-state index in [-0.39, 0.29) is 57.5 Å². The maximum Gasteiger partial charge on any atom is 0.239 e. The third-order valence-corrected chi connectivity index (χ3v) is 15.8. The Labute approximate surface area is 292 Å². The van der Waals surface area contributed by atoms with Crippen LogP contribution in [-0.4, -0.2) is 41.0 Å². The molecule has 2 amide bonds. The average molecular weight is 659 g/mol. The van der Waals surface area contributed by atoms with Crippen LogP contribution in [0.15, 0.2) is 42.0 Å². The van der Waals surface area contributed by atoms with Crippen molar-refractivity contribution in [2.75, 3.05) is 13.1 Å². The number of hydrogen-bond acceptors (Lipinski definition) is 3. The van der Waals surface area contributed by atoms with Crippen molar-refractivity contribution in [3.63, 3.8) is 0 Å². The Balaban J connectivity index is 1.32. The Bertz CT molecular complexity index is 1400. The second-order valence-corrected chi connectivity index (χ2v) is 19.1. The monoisotopic (exact) mass is 659 g/mol. The smallest absolute Gasteiger partial charge is 0.239 e. The van der Waals surface area contributed by atoms with Gasteiger partial charge >= 0.3 is 0 Å². The average Bonchev–Trinajstić information content (AvgIpc) is 3.04. The number of fused-ring (bicyclic) bond motifs is 7. The van der Waals surface area contributed by atoms with Crippen LogP contribution in [0.1, 0.15) is 138 Å². The highest BCUT2D eigenvalue weighted by atomic mass is 16.3. The minimum absolute atomic E-state index is 0.0489. The number of nitrogens with zero attached hydrogens (tertiary/aromatic N) is 1. The third-order valence-electron chi connectivity index (χ3n) is 15.8. The van der Waals surface area contributed by atoms with Crippen molar-refractivity contribution < 1.29 is 14.7 Å². The molecule has 48 heavy (non-hydrogen) atoms. The Hall–Kier alpha value is -2.14. The van der Waals surface area contributed by atoms with Gasteiger partial charge in [-0.05, 0) is 121 Å². The van der Waals surface area contributed by atoms with Crippen LogP contribution in [0.3, 0.4) is 0 Å². The molecule has 0 heterocycles. The Morgan fingerprint density at radius 3 is 2.31 bits per heavy atom. The second-order valence-electron chi connectivity index (χ2n) is 19.1. The summed E-state index contributed by atoms with van der Waals surface area (Å²) in [5, 5.41) is 14.2. The van der Waals surface area contributed by atoms with Crippen LogP contribution in [0.5, 0.6) is 0 Å². The van der Waals surface area contributed by atoms with Crippen molar-refractivity contribution in [2.45, 2.75) is 145 Å². The number of benzene rings is 1. The molecule has 0 aromatic heterocycles. The molecule has 1 aromatic carbocycles. The van der Waals surface area contributed by atoms with Crippen LogP contribution in [0.4, 0.5) is 0 Å². The van der Waals surface area contributed by atoms with Crippen LogP contribution in [0.25, 0.3) is 0 Å². The van der Waals surface area contributed by atoms with Crippen molar-refractivity contribution in [1.82, 2.24) is 10.2 Å². The number of nitrogens with one attached hydrogen (secondary N) is 1. The van der Waals surface area contributed by atoms with Gasteiger partial charge in [0.25, 0.3) is 0 Å². The lowest BCUT2D eigenvalue weighted by Crippen LogP contribution is -2.65. The fourth-order valence-electron chi connectivity index (χ4n) is 12.6. The van der Waals surface area contributed by atoms with E-state index in [0.717, 1.165) is 69.8 Å². The zero-order valence-electron chi connectivity index (χ0n) is 31.6. The maximum atomic E-state index is 15.2. The molecular formula is C43H66N2O3. The van der Waals surface area contributed by atoms with Gasteiger partial charge < -0.3 is 15.3 Å². The predicted molar refractivity (Wildman–Crippen MR) is 195 cm³/mol. The highest BCUT2D eigenvalue weighted by Gasteiger charge is 2.69. The van der Waals surface area contributed by atoms with Gasteiger partial charge in [-0.15, -0.1) is 0 Å². The van der Waals surface area contributed by atoms with Gasteiger partial charge in [0.2, 0.25) is 11.8 Å².